The van der Waals surface area contributed by atoms with Crippen molar-refractivity contribution >= 4 is 17.4 Å². The lowest BCUT2D eigenvalue weighted by molar-refractivity contribution is 0.0257. The Hall–Kier alpha value is -2.64. The Bertz CT molecular complexity index is 766. The molecule has 1 N–H and O–H groups in total. The van der Waals surface area contributed by atoms with E-state index < -0.39 is 24.3 Å². The van der Waals surface area contributed by atoms with Gasteiger partial charge in [-0.1, -0.05) is 13.8 Å². The van der Waals surface area contributed by atoms with Crippen LogP contribution < -0.4 is 10.2 Å². The van der Waals surface area contributed by atoms with E-state index in [2.05, 4.69) is 15.3 Å². The number of hydrogen-bond donors (Lipinski definition) is 1. The number of carbonyl (C=O) groups is 1. The Labute approximate surface area is 150 Å². The normalized spacial score (nSPS) is 15.2. The molecule has 0 atom stereocenters. The average Bonchev–Trinajstić information content (AvgIpc) is 2.98. The van der Waals surface area contributed by atoms with Crippen LogP contribution in [0.15, 0.2) is 30.6 Å². The summed E-state index contributed by atoms with van der Waals surface area (Å²) in [4.78, 5) is 21.3. The number of halogens is 3. The molecule has 0 bridgehead atoms. The van der Waals surface area contributed by atoms with Gasteiger partial charge in [-0.3, -0.25) is 4.79 Å². The molecule has 2 aromatic heterocycles. The first-order valence-electron chi connectivity index (χ1n) is 8.37. The number of amides is 1. The van der Waals surface area contributed by atoms with E-state index in [0.29, 0.717) is 17.1 Å². The second-order valence-corrected chi connectivity index (χ2v) is 5.68. The van der Waals surface area contributed by atoms with Crippen LogP contribution in [0.2, 0.25) is 0 Å². The number of aryl methyl sites for hydroxylation is 1. The van der Waals surface area contributed by atoms with E-state index in [1.807, 2.05) is 13.8 Å². The fourth-order valence-corrected chi connectivity index (χ4v) is 2.55. The summed E-state index contributed by atoms with van der Waals surface area (Å²) in [6.07, 6.45) is 2.37. The molecular formula is C18H21F3N4O. The van der Waals surface area contributed by atoms with Gasteiger partial charge in [0, 0.05) is 25.4 Å². The van der Waals surface area contributed by atoms with Crippen LogP contribution in [-0.4, -0.2) is 34.9 Å². The third-order valence-corrected chi connectivity index (χ3v) is 3.84. The molecule has 0 saturated carbocycles. The quantitative estimate of drug-likeness (QED) is 0.833. The standard InChI is InChI=1S/C16H15F3N4O.C2H6/c1-10-4-6-20-14(23-7-5-16(18,19)9-23)13(10)22-15(24)11-2-3-12(17)21-8-11;1-2/h2-4,6,8H,5,7,9H2,1H3,(H,22,24);1-2H3. The zero-order valence-corrected chi connectivity index (χ0v) is 14.9. The van der Waals surface area contributed by atoms with Gasteiger partial charge in [0.15, 0.2) is 5.82 Å². The Morgan fingerprint density at radius 2 is 1.96 bits per heavy atom. The van der Waals surface area contributed by atoms with Gasteiger partial charge in [-0.2, -0.15) is 4.39 Å². The molecule has 1 aliphatic rings. The van der Waals surface area contributed by atoms with Crippen LogP contribution in [0.3, 0.4) is 0 Å². The molecule has 3 heterocycles. The molecular weight excluding hydrogens is 345 g/mol. The topological polar surface area (TPSA) is 58.1 Å². The summed E-state index contributed by atoms with van der Waals surface area (Å²) >= 11 is 0. The predicted octanol–water partition coefficient (Wildman–Crippen LogP) is 4.05. The third kappa shape index (κ3) is 4.50. The van der Waals surface area contributed by atoms with Crippen molar-refractivity contribution in [3.05, 3.63) is 47.7 Å². The smallest absolute Gasteiger partial charge is 0.266 e. The minimum Gasteiger partial charge on any atom is -0.349 e. The van der Waals surface area contributed by atoms with E-state index in [1.54, 1.807) is 13.0 Å². The number of aromatic nitrogens is 2. The average molecular weight is 366 g/mol. The molecule has 0 aromatic carbocycles. The SMILES string of the molecule is CC.Cc1ccnc(N2CCC(F)(F)C2)c1NC(=O)c1ccc(F)nc1. The summed E-state index contributed by atoms with van der Waals surface area (Å²) in [5.41, 5.74) is 1.22. The lowest BCUT2D eigenvalue weighted by Crippen LogP contribution is -2.27. The van der Waals surface area contributed by atoms with Crippen molar-refractivity contribution in [2.24, 2.45) is 0 Å². The van der Waals surface area contributed by atoms with E-state index in [1.165, 1.54) is 17.2 Å². The number of hydrogen-bond acceptors (Lipinski definition) is 4. The Kier molecular flexibility index (Phi) is 6.18. The molecule has 1 saturated heterocycles. The van der Waals surface area contributed by atoms with Gasteiger partial charge in [0.25, 0.3) is 11.8 Å². The van der Waals surface area contributed by atoms with Crippen molar-refractivity contribution < 1.29 is 18.0 Å². The summed E-state index contributed by atoms with van der Waals surface area (Å²) < 4.78 is 39.8. The van der Waals surface area contributed by atoms with Gasteiger partial charge >= 0.3 is 0 Å². The first-order valence-corrected chi connectivity index (χ1v) is 8.37. The van der Waals surface area contributed by atoms with Crippen molar-refractivity contribution in [1.82, 2.24) is 9.97 Å². The molecule has 1 amide bonds. The van der Waals surface area contributed by atoms with Gasteiger partial charge in [0.1, 0.15) is 0 Å². The van der Waals surface area contributed by atoms with E-state index >= 15 is 0 Å². The van der Waals surface area contributed by atoms with Gasteiger partial charge < -0.3 is 10.2 Å². The monoisotopic (exact) mass is 366 g/mol. The lowest BCUT2D eigenvalue weighted by atomic mass is 10.2. The Morgan fingerprint density at radius 3 is 2.54 bits per heavy atom. The molecule has 3 rings (SSSR count). The van der Waals surface area contributed by atoms with Gasteiger partial charge in [-0.05, 0) is 30.7 Å². The lowest BCUT2D eigenvalue weighted by Gasteiger charge is -2.21. The van der Waals surface area contributed by atoms with Crippen LogP contribution in [-0.2, 0) is 0 Å². The number of nitrogens with zero attached hydrogens (tertiary/aromatic N) is 3. The maximum Gasteiger partial charge on any atom is 0.266 e. The van der Waals surface area contributed by atoms with Gasteiger partial charge in [-0.15, -0.1) is 0 Å². The summed E-state index contributed by atoms with van der Waals surface area (Å²) in [6.45, 7) is 5.47. The highest BCUT2D eigenvalue weighted by Crippen LogP contribution is 2.34. The van der Waals surface area contributed by atoms with E-state index in [4.69, 9.17) is 0 Å². The maximum absolute atomic E-state index is 13.5. The minimum atomic E-state index is -2.77. The highest BCUT2D eigenvalue weighted by Gasteiger charge is 2.39. The van der Waals surface area contributed by atoms with E-state index in [-0.39, 0.29) is 18.5 Å². The molecule has 5 nitrogen and oxygen atoms in total. The highest BCUT2D eigenvalue weighted by molar-refractivity contribution is 6.06. The second kappa shape index (κ2) is 8.16. The van der Waals surface area contributed by atoms with Gasteiger partial charge in [0.05, 0.1) is 17.8 Å². The summed E-state index contributed by atoms with van der Waals surface area (Å²) in [6, 6.07) is 4.05. The number of anilines is 2. The molecule has 0 aliphatic carbocycles. The zero-order valence-electron chi connectivity index (χ0n) is 14.9. The molecule has 140 valence electrons. The fraction of sp³-hybridized carbons (Fsp3) is 0.389. The van der Waals surface area contributed by atoms with Gasteiger partial charge in [0.2, 0.25) is 5.95 Å². The van der Waals surface area contributed by atoms with E-state index in [9.17, 15) is 18.0 Å². The van der Waals surface area contributed by atoms with Crippen LogP contribution in [0.1, 0.15) is 36.2 Å². The highest BCUT2D eigenvalue weighted by atomic mass is 19.3. The second-order valence-electron chi connectivity index (χ2n) is 5.68. The molecule has 1 fully saturated rings. The minimum absolute atomic E-state index is 0.157. The van der Waals surface area contributed by atoms with Crippen LogP contribution in [0.25, 0.3) is 0 Å². The first kappa shape index (κ1) is 19.7. The summed E-state index contributed by atoms with van der Waals surface area (Å²) in [7, 11) is 0. The molecule has 2 aromatic rings. The van der Waals surface area contributed by atoms with Crippen molar-refractivity contribution in [1.29, 1.82) is 0 Å². The molecule has 0 spiro atoms. The largest absolute Gasteiger partial charge is 0.349 e. The Morgan fingerprint density at radius 1 is 1.23 bits per heavy atom. The van der Waals surface area contributed by atoms with Crippen molar-refractivity contribution in [2.45, 2.75) is 33.1 Å². The number of rotatable bonds is 3. The molecule has 0 radical (unpaired) electrons. The fourth-order valence-electron chi connectivity index (χ4n) is 2.55. The number of alkyl halides is 2. The van der Waals surface area contributed by atoms with Gasteiger partial charge in [-0.25, -0.2) is 18.7 Å². The summed E-state index contributed by atoms with van der Waals surface area (Å²) in [5, 5.41) is 2.67. The first-order chi connectivity index (χ1) is 12.4. The number of pyridine rings is 2. The molecule has 0 unspecified atom stereocenters. The molecule has 1 aliphatic heterocycles. The van der Waals surface area contributed by atoms with Crippen LogP contribution in [0.4, 0.5) is 24.7 Å². The maximum atomic E-state index is 13.5. The van der Waals surface area contributed by atoms with Crippen molar-refractivity contribution in [3.63, 3.8) is 0 Å². The van der Waals surface area contributed by atoms with Crippen LogP contribution >= 0.6 is 0 Å². The summed E-state index contributed by atoms with van der Waals surface area (Å²) in [5.74, 6) is -3.67. The third-order valence-electron chi connectivity index (χ3n) is 3.84. The van der Waals surface area contributed by atoms with Crippen molar-refractivity contribution in [2.75, 3.05) is 23.3 Å². The van der Waals surface area contributed by atoms with E-state index in [0.717, 1.165) is 12.3 Å². The molecule has 26 heavy (non-hydrogen) atoms. The number of nitrogens with one attached hydrogen (secondary N) is 1. The number of carbonyl (C=O) groups excluding carboxylic acids is 1. The van der Waals surface area contributed by atoms with Crippen molar-refractivity contribution in [3.8, 4) is 0 Å². The van der Waals surface area contributed by atoms with Crippen LogP contribution in [0, 0.1) is 12.9 Å². The van der Waals surface area contributed by atoms with Crippen LogP contribution in [0.5, 0.6) is 0 Å². The predicted molar refractivity (Wildman–Crippen MR) is 94.2 cm³/mol. The zero-order chi connectivity index (χ0) is 19.3. The molecule has 8 heteroatoms. The Balaban J connectivity index is 0.00000117.